The number of halogens is 3. The highest BCUT2D eigenvalue weighted by Gasteiger charge is 1.96. The van der Waals surface area contributed by atoms with E-state index in [2.05, 4.69) is 6.92 Å². The third-order valence-corrected chi connectivity index (χ3v) is 2.96. The molecule has 0 aliphatic carbocycles. The van der Waals surface area contributed by atoms with Gasteiger partial charge in [-0.1, -0.05) is 41.7 Å². The van der Waals surface area contributed by atoms with Crippen LogP contribution < -0.4 is 0 Å². The SMILES string of the molecule is CCCSC(Cl)=C(Cl)Cl. The van der Waals surface area contributed by atoms with Crippen molar-refractivity contribution in [3.63, 3.8) is 0 Å². The van der Waals surface area contributed by atoms with Crippen LogP contribution in [0.1, 0.15) is 13.3 Å². The monoisotopic (exact) mass is 204 g/mol. The summed E-state index contributed by atoms with van der Waals surface area (Å²) in [6.07, 6.45) is 1.07. The first-order chi connectivity index (χ1) is 4.18. The molecular formula is C5H7Cl3S. The van der Waals surface area contributed by atoms with E-state index in [0.717, 1.165) is 12.2 Å². The first kappa shape index (κ1) is 9.96. The van der Waals surface area contributed by atoms with Gasteiger partial charge in [-0.15, -0.1) is 11.8 Å². The smallest absolute Gasteiger partial charge is 0.112 e. The fraction of sp³-hybridized carbons (Fsp3) is 0.600. The molecule has 0 atom stereocenters. The highest BCUT2D eigenvalue weighted by atomic mass is 35.5. The van der Waals surface area contributed by atoms with Crippen molar-refractivity contribution in [2.75, 3.05) is 5.75 Å². The van der Waals surface area contributed by atoms with Crippen LogP contribution in [0.2, 0.25) is 0 Å². The number of rotatable bonds is 3. The summed E-state index contributed by atoms with van der Waals surface area (Å²) in [4.78, 5) is 0. The molecule has 0 unspecified atom stereocenters. The number of thioether (sulfide) groups is 1. The van der Waals surface area contributed by atoms with E-state index in [0.29, 0.717) is 4.36 Å². The average molecular weight is 206 g/mol. The molecule has 0 heterocycles. The lowest BCUT2D eigenvalue weighted by molar-refractivity contribution is 1.11. The Balaban J connectivity index is 3.50. The zero-order valence-corrected chi connectivity index (χ0v) is 8.04. The maximum Gasteiger partial charge on any atom is 0.131 e. The summed E-state index contributed by atoms with van der Waals surface area (Å²) in [5.74, 6) is 0.960. The molecule has 0 rings (SSSR count). The minimum Gasteiger partial charge on any atom is -0.112 e. The molecule has 0 nitrogen and oxygen atoms in total. The molecule has 0 fully saturated rings. The lowest BCUT2D eigenvalue weighted by Crippen LogP contribution is -1.71. The van der Waals surface area contributed by atoms with Crippen molar-refractivity contribution in [1.82, 2.24) is 0 Å². The largest absolute Gasteiger partial charge is 0.131 e. The van der Waals surface area contributed by atoms with Gasteiger partial charge in [0.15, 0.2) is 0 Å². The van der Waals surface area contributed by atoms with E-state index in [-0.39, 0.29) is 4.49 Å². The van der Waals surface area contributed by atoms with Crippen LogP contribution in [0.15, 0.2) is 8.86 Å². The molecular weight excluding hydrogens is 198 g/mol. The van der Waals surface area contributed by atoms with Gasteiger partial charge in [0.2, 0.25) is 0 Å². The van der Waals surface area contributed by atoms with E-state index in [4.69, 9.17) is 34.8 Å². The molecule has 0 spiro atoms. The van der Waals surface area contributed by atoms with Crippen molar-refractivity contribution in [3.8, 4) is 0 Å². The lowest BCUT2D eigenvalue weighted by atomic mass is 10.6. The summed E-state index contributed by atoms with van der Waals surface area (Å²) in [5, 5.41) is 0. The Bertz CT molecular complexity index is 107. The normalized spacial score (nSPS) is 9.33. The van der Waals surface area contributed by atoms with Crippen LogP contribution >= 0.6 is 46.6 Å². The molecule has 0 aromatic heterocycles. The van der Waals surface area contributed by atoms with Gasteiger partial charge in [0.05, 0.1) is 0 Å². The van der Waals surface area contributed by atoms with E-state index in [1.165, 1.54) is 11.8 Å². The van der Waals surface area contributed by atoms with Gasteiger partial charge in [-0.3, -0.25) is 0 Å². The molecule has 0 aromatic rings. The van der Waals surface area contributed by atoms with Gasteiger partial charge < -0.3 is 0 Å². The van der Waals surface area contributed by atoms with Crippen molar-refractivity contribution in [2.24, 2.45) is 0 Å². The zero-order valence-electron chi connectivity index (χ0n) is 4.96. The lowest BCUT2D eigenvalue weighted by Gasteiger charge is -1.94. The molecule has 9 heavy (non-hydrogen) atoms. The second-order valence-corrected chi connectivity index (χ2v) is 4.04. The summed E-state index contributed by atoms with van der Waals surface area (Å²) >= 11 is 17.8. The van der Waals surface area contributed by atoms with Crippen molar-refractivity contribution in [2.45, 2.75) is 13.3 Å². The summed E-state index contributed by atoms with van der Waals surface area (Å²) in [7, 11) is 0. The molecule has 0 aliphatic rings. The quantitative estimate of drug-likeness (QED) is 0.672. The minimum atomic E-state index is 0.162. The molecule has 0 N–H and O–H groups in total. The predicted octanol–water partition coefficient (Wildman–Crippen LogP) is 3.97. The van der Waals surface area contributed by atoms with E-state index in [1.54, 1.807) is 0 Å². The van der Waals surface area contributed by atoms with Gasteiger partial charge in [0.25, 0.3) is 0 Å². The van der Waals surface area contributed by atoms with Crippen LogP contribution in [0.4, 0.5) is 0 Å². The predicted molar refractivity (Wildman–Crippen MR) is 47.3 cm³/mol. The van der Waals surface area contributed by atoms with Gasteiger partial charge in [-0.2, -0.15) is 0 Å². The van der Waals surface area contributed by atoms with E-state index in [1.807, 2.05) is 0 Å². The van der Waals surface area contributed by atoms with Crippen LogP contribution in [0.5, 0.6) is 0 Å². The van der Waals surface area contributed by atoms with E-state index >= 15 is 0 Å². The molecule has 0 aromatic carbocycles. The van der Waals surface area contributed by atoms with Crippen molar-refractivity contribution >= 4 is 46.6 Å². The Hall–Kier alpha value is 0.960. The summed E-state index contributed by atoms with van der Waals surface area (Å²) in [6.45, 7) is 2.07. The second kappa shape index (κ2) is 5.72. The van der Waals surface area contributed by atoms with Crippen LogP contribution in [0.25, 0.3) is 0 Å². The Morgan fingerprint density at radius 1 is 1.33 bits per heavy atom. The van der Waals surface area contributed by atoms with Gasteiger partial charge >= 0.3 is 0 Å². The summed E-state index contributed by atoms with van der Waals surface area (Å²) in [5.41, 5.74) is 0. The molecule has 0 bridgehead atoms. The molecule has 4 heteroatoms. The summed E-state index contributed by atoms with van der Waals surface area (Å²) in [6, 6.07) is 0. The maximum atomic E-state index is 5.57. The fourth-order valence-corrected chi connectivity index (χ4v) is 1.30. The Morgan fingerprint density at radius 2 is 1.89 bits per heavy atom. The third-order valence-electron chi connectivity index (χ3n) is 0.581. The number of hydrogen-bond donors (Lipinski definition) is 0. The van der Waals surface area contributed by atoms with Gasteiger partial charge in [0.1, 0.15) is 8.86 Å². The molecule has 54 valence electrons. The second-order valence-electron chi connectivity index (χ2n) is 1.38. The topological polar surface area (TPSA) is 0 Å². The maximum absolute atomic E-state index is 5.57. The molecule has 0 amide bonds. The molecule has 0 saturated carbocycles. The van der Waals surface area contributed by atoms with E-state index < -0.39 is 0 Å². The zero-order chi connectivity index (χ0) is 7.28. The first-order valence-corrected chi connectivity index (χ1v) is 4.64. The van der Waals surface area contributed by atoms with Crippen LogP contribution in [0.3, 0.4) is 0 Å². The van der Waals surface area contributed by atoms with Gasteiger partial charge in [-0.25, -0.2) is 0 Å². The summed E-state index contributed by atoms with van der Waals surface area (Å²) < 4.78 is 0.648. The van der Waals surface area contributed by atoms with Crippen molar-refractivity contribution in [1.29, 1.82) is 0 Å². The molecule has 0 aliphatic heterocycles. The van der Waals surface area contributed by atoms with Gasteiger partial charge in [-0.05, 0) is 12.2 Å². The van der Waals surface area contributed by atoms with Crippen molar-refractivity contribution in [3.05, 3.63) is 8.86 Å². The fourth-order valence-electron chi connectivity index (χ4n) is 0.246. The highest BCUT2D eigenvalue weighted by Crippen LogP contribution is 2.28. The minimum absolute atomic E-state index is 0.162. The van der Waals surface area contributed by atoms with Crippen LogP contribution in [0, 0.1) is 0 Å². The average Bonchev–Trinajstić information content (AvgIpc) is 1.82. The number of hydrogen-bond acceptors (Lipinski definition) is 1. The van der Waals surface area contributed by atoms with Gasteiger partial charge in [0, 0.05) is 0 Å². The standard InChI is InChI=1S/C5H7Cl3S/c1-2-3-9-5(8)4(6)7/h2-3H2,1H3. The molecule has 0 saturated heterocycles. The highest BCUT2D eigenvalue weighted by molar-refractivity contribution is 8.04. The van der Waals surface area contributed by atoms with Crippen molar-refractivity contribution < 1.29 is 0 Å². The Labute approximate surface area is 74.5 Å². The van der Waals surface area contributed by atoms with E-state index in [9.17, 15) is 0 Å². The van der Waals surface area contributed by atoms with Crippen LogP contribution in [-0.2, 0) is 0 Å². The molecule has 0 radical (unpaired) electrons. The third kappa shape index (κ3) is 5.41. The Kier molecular flexibility index (Phi) is 6.33. The van der Waals surface area contributed by atoms with Crippen LogP contribution in [-0.4, -0.2) is 5.75 Å². The first-order valence-electron chi connectivity index (χ1n) is 2.52. The Morgan fingerprint density at radius 3 is 2.22 bits per heavy atom.